The third kappa shape index (κ3) is 3.40. The first kappa shape index (κ1) is 13.2. The van der Waals surface area contributed by atoms with Crippen LogP contribution >= 0.6 is 11.8 Å². The van der Waals surface area contributed by atoms with Gasteiger partial charge in [0.15, 0.2) is 17.3 Å². The Hall–Kier alpha value is -1.20. The Morgan fingerprint density at radius 2 is 2.22 bits per heavy atom. The van der Waals surface area contributed by atoms with Gasteiger partial charge in [0.1, 0.15) is 0 Å². The zero-order chi connectivity index (χ0) is 13.0. The first-order chi connectivity index (χ1) is 8.66. The second-order valence-corrected chi connectivity index (χ2v) is 5.31. The van der Waals surface area contributed by atoms with Crippen LogP contribution in [0.5, 0.6) is 11.5 Å². The molecular weight excluding hydrogens is 252 g/mol. The number of hydrogen-bond donors (Lipinski definition) is 2. The van der Waals surface area contributed by atoms with Gasteiger partial charge in [-0.05, 0) is 31.0 Å². The summed E-state index contributed by atoms with van der Waals surface area (Å²) in [6, 6.07) is 4.14. The van der Waals surface area contributed by atoms with Crippen molar-refractivity contribution in [1.82, 2.24) is 0 Å². The molecule has 1 aromatic rings. The highest BCUT2D eigenvalue weighted by atomic mass is 32.2. The van der Waals surface area contributed by atoms with Crippen molar-refractivity contribution in [3.8, 4) is 11.5 Å². The summed E-state index contributed by atoms with van der Waals surface area (Å²) in [7, 11) is 0. The Bertz CT molecular complexity index is 427. The van der Waals surface area contributed by atoms with Crippen LogP contribution in [-0.2, 0) is 4.74 Å². The van der Waals surface area contributed by atoms with Crippen LogP contribution < -0.4 is 0 Å². The van der Waals surface area contributed by atoms with Gasteiger partial charge in [0.05, 0.1) is 11.9 Å². The largest absolute Gasteiger partial charge is 0.504 e. The van der Waals surface area contributed by atoms with E-state index in [1.54, 1.807) is 11.8 Å². The Morgan fingerprint density at radius 3 is 2.89 bits per heavy atom. The van der Waals surface area contributed by atoms with E-state index in [2.05, 4.69) is 0 Å². The van der Waals surface area contributed by atoms with Crippen molar-refractivity contribution < 1.29 is 19.7 Å². The predicted molar refractivity (Wildman–Crippen MR) is 70.4 cm³/mol. The van der Waals surface area contributed by atoms with Crippen LogP contribution in [0.25, 0.3) is 0 Å². The van der Waals surface area contributed by atoms with Crippen LogP contribution in [0.4, 0.5) is 0 Å². The van der Waals surface area contributed by atoms with Gasteiger partial charge >= 0.3 is 0 Å². The summed E-state index contributed by atoms with van der Waals surface area (Å²) in [5.41, 5.74) is 0.421. The summed E-state index contributed by atoms with van der Waals surface area (Å²) in [4.78, 5) is 11.8. The van der Waals surface area contributed by atoms with E-state index in [1.807, 2.05) is 0 Å². The number of hydrogen-bond acceptors (Lipinski definition) is 5. The molecule has 0 bridgehead atoms. The third-order valence-corrected chi connectivity index (χ3v) is 3.93. The van der Waals surface area contributed by atoms with Crippen LogP contribution in [0.1, 0.15) is 23.2 Å². The van der Waals surface area contributed by atoms with E-state index in [9.17, 15) is 9.90 Å². The number of benzene rings is 1. The second kappa shape index (κ2) is 6.11. The average molecular weight is 268 g/mol. The molecular formula is C13H16O4S. The number of carbonyl (C=O) groups is 1. The molecule has 1 fully saturated rings. The highest BCUT2D eigenvalue weighted by molar-refractivity contribution is 8.00. The maximum absolute atomic E-state index is 11.8. The van der Waals surface area contributed by atoms with Crippen LogP contribution in [0.3, 0.4) is 0 Å². The number of ketones is 1. The van der Waals surface area contributed by atoms with Crippen molar-refractivity contribution >= 4 is 17.5 Å². The van der Waals surface area contributed by atoms with Gasteiger partial charge in [0.2, 0.25) is 0 Å². The quantitative estimate of drug-likeness (QED) is 0.633. The van der Waals surface area contributed by atoms with Crippen molar-refractivity contribution in [3.63, 3.8) is 0 Å². The maximum Gasteiger partial charge on any atom is 0.172 e. The van der Waals surface area contributed by atoms with E-state index >= 15 is 0 Å². The molecule has 0 spiro atoms. The molecule has 1 aromatic carbocycles. The molecule has 1 atom stereocenters. The molecule has 1 aliphatic heterocycles. The van der Waals surface area contributed by atoms with Gasteiger partial charge in [-0.2, -0.15) is 11.8 Å². The maximum atomic E-state index is 11.8. The molecule has 2 rings (SSSR count). The lowest BCUT2D eigenvalue weighted by atomic mass is 10.1. The van der Waals surface area contributed by atoms with Crippen molar-refractivity contribution in [3.05, 3.63) is 23.8 Å². The highest BCUT2D eigenvalue weighted by Crippen LogP contribution is 2.25. The van der Waals surface area contributed by atoms with Crippen LogP contribution in [-0.4, -0.2) is 40.2 Å². The molecule has 0 aliphatic carbocycles. The molecule has 5 heteroatoms. The minimum absolute atomic E-state index is 0.0479. The molecule has 1 saturated heterocycles. The summed E-state index contributed by atoms with van der Waals surface area (Å²) in [6.07, 6.45) is 2.45. The van der Waals surface area contributed by atoms with Crippen LogP contribution in [0.2, 0.25) is 0 Å². The highest BCUT2D eigenvalue weighted by Gasteiger charge is 2.16. The number of rotatable bonds is 5. The summed E-state index contributed by atoms with van der Waals surface area (Å²) in [6.45, 7) is 0.824. The fraction of sp³-hybridized carbons (Fsp3) is 0.462. The first-order valence-electron chi connectivity index (χ1n) is 5.91. The van der Waals surface area contributed by atoms with Gasteiger partial charge in [0.25, 0.3) is 0 Å². The standard InChI is InChI=1S/C13H16O4S/c14-11-4-3-9(6-12(11)15)13(16)8-18-7-10-2-1-5-17-10/h3-4,6,10,14-15H,1-2,5,7-8H2. The normalized spacial score (nSPS) is 19.0. The van der Waals surface area contributed by atoms with E-state index in [1.165, 1.54) is 18.2 Å². The van der Waals surface area contributed by atoms with E-state index in [0.29, 0.717) is 11.3 Å². The van der Waals surface area contributed by atoms with Crippen molar-refractivity contribution in [2.45, 2.75) is 18.9 Å². The fourth-order valence-corrected chi connectivity index (χ4v) is 2.83. The van der Waals surface area contributed by atoms with Gasteiger partial charge < -0.3 is 14.9 Å². The van der Waals surface area contributed by atoms with E-state index in [4.69, 9.17) is 9.84 Å². The summed E-state index contributed by atoms with van der Waals surface area (Å²) >= 11 is 1.54. The summed E-state index contributed by atoms with van der Waals surface area (Å²) in [5, 5.41) is 18.5. The SMILES string of the molecule is O=C(CSCC1CCCO1)c1ccc(O)c(O)c1. The number of phenolic OH excluding ortho intramolecular Hbond substituents is 2. The number of phenols is 2. The minimum atomic E-state index is -0.259. The Balaban J connectivity index is 1.81. The topological polar surface area (TPSA) is 66.8 Å². The Kier molecular flexibility index (Phi) is 4.49. The lowest BCUT2D eigenvalue weighted by Gasteiger charge is -2.08. The van der Waals surface area contributed by atoms with E-state index in [0.717, 1.165) is 25.2 Å². The lowest BCUT2D eigenvalue weighted by Crippen LogP contribution is -2.11. The van der Waals surface area contributed by atoms with Gasteiger partial charge in [-0.3, -0.25) is 4.79 Å². The molecule has 1 unspecified atom stereocenters. The van der Waals surface area contributed by atoms with Crippen LogP contribution in [0, 0.1) is 0 Å². The average Bonchev–Trinajstić information content (AvgIpc) is 2.85. The smallest absolute Gasteiger partial charge is 0.172 e. The van der Waals surface area contributed by atoms with Crippen molar-refractivity contribution in [1.29, 1.82) is 0 Å². The van der Waals surface area contributed by atoms with E-state index < -0.39 is 0 Å². The lowest BCUT2D eigenvalue weighted by molar-refractivity contribution is 0.102. The van der Waals surface area contributed by atoms with Crippen molar-refractivity contribution in [2.75, 3.05) is 18.1 Å². The third-order valence-electron chi connectivity index (χ3n) is 2.86. The Morgan fingerprint density at radius 1 is 1.39 bits per heavy atom. The molecule has 2 N–H and O–H groups in total. The molecule has 1 aliphatic rings. The molecule has 1 heterocycles. The number of Topliss-reactive ketones (excluding diaryl/α,β-unsaturated/α-hetero) is 1. The first-order valence-corrected chi connectivity index (χ1v) is 7.07. The summed E-state index contributed by atoms with van der Waals surface area (Å²) < 4.78 is 5.47. The summed E-state index contributed by atoms with van der Waals surface area (Å²) in [5.74, 6) is 0.678. The number of aromatic hydroxyl groups is 2. The molecule has 98 valence electrons. The second-order valence-electron chi connectivity index (χ2n) is 4.28. The zero-order valence-electron chi connectivity index (χ0n) is 9.96. The molecule has 18 heavy (non-hydrogen) atoms. The van der Waals surface area contributed by atoms with E-state index in [-0.39, 0.29) is 23.4 Å². The van der Waals surface area contributed by atoms with Gasteiger partial charge in [-0.15, -0.1) is 0 Å². The molecule has 0 saturated carbocycles. The molecule has 0 radical (unpaired) electrons. The minimum Gasteiger partial charge on any atom is -0.504 e. The molecule has 4 nitrogen and oxygen atoms in total. The van der Waals surface area contributed by atoms with Gasteiger partial charge in [-0.25, -0.2) is 0 Å². The molecule has 0 amide bonds. The van der Waals surface area contributed by atoms with Gasteiger partial charge in [0, 0.05) is 17.9 Å². The monoisotopic (exact) mass is 268 g/mol. The number of ether oxygens (including phenoxy) is 1. The van der Waals surface area contributed by atoms with Gasteiger partial charge in [-0.1, -0.05) is 0 Å². The predicted octanol–water partition coefficient (Wildman–Crippen LogP) is 2.19. The number of carbonyl (C=O) groups excluding carboxylic acids is 1. The Labute approximate surface area is 110 Å². The zero-order valence-corrected chi connectivity index (χ0v) is 10.8. The number of thioether (sulfide) groups is 1. The van der Waals surface area contributed by atoms with Crippen LogP contribution in [0.15, 0.2) is 18.2 Å². The fourth-order valence-electron chi connectivity index (χ4n) is 1.84. The van der Waals surface area contributed by atoms with Crippen molar-refractivity contribution in [2.24, 2.45) is 0 Å². The molecule has 0 aromatic heterocycles.